The van der Waals surface area contributed by atoms with E-state index in [9.17, 15) is 23.1 Å². The Morgan fingerprint density at radius 2 is 1.73 bits per heavy atom. The van der Waals surface area contributed by atoms with Crippen LogP contribution in [0.4, 0.5) is 24.5 Å². The van der Waals surface area contributed by atoms with E-state index >= 15 is 0 Å². The normalized spacial score (nSPS) is 15.7. The van der Waals surface area contributed by atoms with Gasteiger partial charge in [-0.15, -0.1) is 0 Å². The number of nitrogens with zero attached hydrogens (tertiary/aromatic N) is 4. The largest absolute Gasteiger partial charge is 0.497 e. The van der Waals surface area contributed by atoms with Gasteiger partial charge in [-0.2, -0.15) is 23.0 Å². The van der Waals surface area contributed by atoms with Crippen molar-refractivity contribution in [2.24, 2.45) is 0 Å². The van der Waals surface area contributed by atoms with Crippen molar-refractivity contribution in [1.29, 1.82) is 0 Å². The molecule has 1 fully saturated rings. The SMILES string of the molecule is COc1cc(OC)cc(-c2nn(-c3cc(N4CCC(O)C4)ccc3C(F)(F)F)c(=O)c(N(C)C)c2C)c1. The van der Waals surface area contributed by atoms with Gasteiger partial charge in [0.25, 0.3) is 5.56 Å². The molecule has 1 unspecified atom stereocenters. The van der Waals surface area contributed by atoms with E-state index in [4.69, 9.17) is 9.47 Å². The van der Waals surface area contributed by atoms with Crippen molar-refractivity contribution < 1.29 is 27.8 Å². The molecule has 1 N–H and O–H groups in total. The summed E-state index contributed by atoms with van der Waals surface area (Å²) in [5.41, 5.74) is -0.108. The minimum absolute atomic E-state index is 0.196. The number of β-amino-alcohol motifs (C(OH)–C–C–N with tert-alkyl or cyclic N) is 1. The number of aliphatic hydroxyl groups excluding tert-OH is 1. The first-order valence-corrected chi connectivity index (χ1v) is 11.6. The highest BCUT2D eigenvalue weighted by atomic mass is 19.4. The quantitative estimate of drug-likeness (QED) is 0.531. The predicted octanol–water partition coefficient (Wildman–Crippen LogP) is 3.88. The molecule has 2 heterocycles. The van der Waals surface area contributed by atoms with E-state index in [1.54, 1.807) is 49.0 Å². The molecule has 0 aliphatic carbocycles. The van der Waals surface area contributed by atoms with Crippen LogP contribution in [0.5, 0.6) is 11.5 Å². The average Bonchev–Trinajstić information content (AvgIpc) is 3.29. The molecule has 0 amide bonds. The lowest BCUT2D eigenvalue weighted by atomic mass is 10.0. The number of ether oxygens (including phenoxy) is 2. The van der Waals surface area contributed by atoms with E-state index < -0.39 is 29.1 Å². The summed E-state index contributed by atoms with van der Waals surface area (Å²) in [6.07, 6.45) is -4.80. The molecule has 0 radical (unpaired) electrons. The smallest absolute Gasteiger partial charge is 0.418 e. The Morgan fingerprint density at radius 1 is 1.08 bits per heavy atom. The molecular formula is C26H29F3N4O4. The van der Waals surface area contributed by atoms with Gasteiger partial charge in [-0.3, -0.25) is 4.79 Å². The Morgan fingerprint density at radius 3 is 2.24 bits per heavy atom. The molecule has 3 aromatic rings. The van der Waals surface area contributed by atoms with Gasteiger partial charge in [0.05, 0.1) is 37.3 Å². The van der Waals surface area contributed by atoms with Crippen LogP contribution < -0.4 is 24.8 Å². The van der Waals surface area contributed by atoms with Gasteiger partial charge in [-0.25, -0.2) is 0 Å². The molecule has 1 atom stereocenters. The van der Waals surface area contributed by atoms with Gasteiger partial charge in [0, 0.05) is 50.1 Å². The second-order valence-corrected chi connectivity index (χ2v) is 9.12. The summed E-state index contributed by atoms with van der Waals surface area (Å²) in [6.45, 7) is 2.47. The molecule has 198 valence electrons. The fourth-order valence-corrected chi connectivity index (χ4v) is 4.61. The number of benzene rings is 2. The Labute approximate surface area is 212 Å². The Bertz CT molecular complexity index is 1350. The fourth-order valence-electron chi connectivity index (χ4n) is 4.61. The first-order chi connectivity index (χ1) is 17.4. The van der Waals surface area contributed by atoms with Crippen molar-refractivity contribution >= 4 is 11.4 Å². The lowest BCUT2D eigenvalue weighted by Gasteiger charge is -2.23. The third-order valence-corrected chi connectivity index (χ3v) is 6.42. The van der Waals surface area contributed by atoms with Crippen LogP contribution in [0.15, 0.2) is 41.2 Å². The highest BCUT2D eigenvalue weighted by Gasteiger charge is 2.36. The number of hydrogen-bond donors (Lipinski definition) is 1. The van der Waals surface area contributed by atoms with Crippen LogP contribution in [-0.4, -0.2) is 62.4 Å². The predicted molar refractivity (Wildman–Crippen MR) is 135 cm³/mol. The fraction of sp³-hybridized carbons (Fsp3) is 0.385. The third kappa shape index (κ3) is 5.08. The van der Waals surface area contributed by atoms with Crippen molar-refractivity contribution in [1.82, 2.24) is 9.78 Å². The van der Waals surface area contributed by atoms with E-state index in [1.165, 1.54) is 26.4 Å². The molecular weight excluding hydrogens is 489 g/mol. The number of aromatic nitrogens is 2. The van der Waals surface area contributed by atoms with Crippen LogP contribution in [0, 0.1) is 6.92 Å². The zero-order valence-corrected chi connectivity index (χ0v) is 21.3. The monoisotopic (exact) mass is 518 g/mol. The molecule has 37 heavy (non-hydrogen) atoms. The number of aliphatic hydroxyl groups is 1. The molecule has 0 bridgehead atoms. The van der Waals surface area contributed by atoms with Crippen molar-refractivity contribution in [3.63, 3.8) is 0 Å². The number of hydrogen-bond acceptors (Lipinski definition) is 7. The highest BCUT2D eigenvalue weighted by Crippen LogP contribution is 2.38. The van der Waals surface area contributed by atoms with Crippen molar-refractivity contribution in [2.75, 3.05) is 51.2 Å². The van der Waals surface area contributed by atoms with Gasteiger partial charge in [-0.05, 0) is 43.7 Å². The molecule has 4 rings (SSSR count). The van der Waals surface area contributed by atoms with Gasteiger partial charge in [0.1, 0.15) is 17.2 Å². The van der Waals surface area contributed by atoms with E-state index in [1.807, 2.05) is 0 Å². The highest BCUT2D eigenvalue weighted by molar-refractivity contribution is 5.72. The van der Waals surface area contributed by atoms with Crippen LogP contribution in [0.3, 0.4) is 0 Å². The number of methoxy groups -OCH3 is 2. The first kappa shape index (κ1) is 26.3. The maximum Gasteiger partial charge on any atom is 0.418 e. The molecule has 0 saturated carbocycles. The molecule has 0 spiro atoms. The average molecular weight is 519 g/mol. The second kappa shape index (κ2) is 9.97. The Balaban J connectivity index is 2.03. The van der Waals surface area contributed by atoms with Crippen molar-refractivity contribution in [2.45, 2.75) is 25.6 Å². The Hall–Kier alpha value is -3.73. The van der Waals surface area contributed by atoms with Crippen LogP contribution in [0.2, 0.25) is 0 Å². The minimum atomic E-state index is -4.73. The van der Waals surface area contributed by atoms with Crippen molar-refractivity contribution in [3.05, 3.63) is 57.9 Å². The lowest BCUT2D eigenvalue weighted by Crippen LogP contribution is -2.31. The van der Waals surface area contributed by atoms with Crippen LogP contribution in [-0.2, 0) is 6.18 Å². The van der Waals surface area contributed by atoms with E-state index in [0.29, 0.717) is 53.5 Å². The summed E-state index contributed by atoms with van der Waals surface area (Å²) in [4.78, 5) is 17.0. The summed E-state index contributed by atoms with van der Waals surface area (Å²) in [7, 11) is 6.27. The topological polar surface area (TPSA) is 80.1 Å². The van der Waals surface area contributed by atoms with E-state index in [-0.39, 0.29) is 5.69 Å². The summed E-state index contributed by atoms with van der Waals surface area (Å²) in [5, 5.41) is 14.4. The van der Waals surface area contributed by atoms with Gasteiger partial charge in [0.15, 0.2) is 0 Å². The van der Waals surface area contributed by atoms with Crippen molar-refractivity contribution in [3.8, 4) is 28.4 Å². The molecule has 1 saturated heterocycles. The van der Waals surface area contributed by atoms with Gasteiger partial charge in [-0.1, -0.05) is 0 Å². The number of anilines is 2. The molecule has 2 aromatic carbocycles. The minimum Gasteiger partial charge on any atom is -0.497 e. The molecule has 1 aliphatic heterocycles. The summed E-state index contributed by atoms with van der Waals surface area (Å²) in [6, 6.07) is 8.63. The lowest BCUT2D eigenvalue weighted by molar-refractivity contribution is -0.137. The summed E-state index contributed by atoms with van der Waals surface area (Å²) >= 11 is 0. The summed E-state index contributed by atoms with van der Waals surface area (Å²) < 4.78 is 54.0. The molecule has 1 aliphatic rings. The zero-order valence-electron chi connectivity index (χ0n) is 21.3. The maximum atomic E-state index is 14.2. The second-order valence-electron chi connectivity index (χ2n) is 9.12. The number of alkyl halides is 3. The number of rotatable bonds is 6. The van der Waals surface area contributed by atoms with Gasteiger partial charge in [0.2, 0.25) is 0 Å². The summed E-state index contributed by atoms with van der Waals surface area (Å²) in [5.74, 6) is 0.926. The van der Waals surface area contributed by atoms with E-state index in [2.05, 4.69) is 5.10 Å². The maximum absolute atomic E-state index is 14.2. The van der Waals surface area contributed by atoms with Crippen LogP contribution in [0.25, 0.3) is 16.9 Å². The molecule has 11 heteroatoms. The van der Waals surface area contributed by atoms with Gasteiger partial charge < -0.3 is 24.4 Å². The van der Waals surface area contributed by atoms with Gasteiger partial charge >= 0.3 is 6.18 Å². The third-order valence-electron chi connectivity index (χ3n) is 6.42. The Kier molecular flexibility index (Phi) is 7.09. The van der Waals surface area contributed by atoms with Crippen LogP contribution in [0.1, 0.15) is 17.5 Å². The van der Waals surface area contributed by atoms with Crippen LogP contribution >= 0.6 is 0 Å². The molecule has 8 nitrogen and oxygen atoms in total. The molecule has 1 aromatic heterocycles. The zero-order chi connectivity index (χ0) is 27.1. The first-order valence-electron chi connectivity index (χ1n) is 11.6. The van der Waals surface area contributed by atoms with E-state index in [0.717, 1.165) is 10.7 Å². The number of halogens is 3. The standard InChI is InChI=1S/C26H29F3N4O4/c1-15-23(16-10-19(36-4)13-20(11-16)37-5)30-33(25(35)24(15)31(2)3)22-12-17(32-9-8-18(34)14-32)6-7-21(22)26(27,28)29/h6-7,10-13,18,34H,8-9,14H2,1-5H3.